The Morgan fingerprint density at radius 2 is 1.43 bits per heavy atom. The maximum atomic E-state index is 12.7. The molecule has 0 unspecified atom stereocenters. The van der Waals surface area contributed by atoms with Gasteiger partial charge in [0.25, 0.3) is 0 Å². The second-order valence-electron chi connectivity index (χ2n) is 6.68. The molecule has 0 aliphatic heterocycles. The Hall–Kier alpha value is -2.43. The molecule has 0 saturated heterocycles. The van der Waals surface area contributed by atoms with E-state index in [0.29, 0.717) is 12.2 Å². The van der Waals surface area contributed by atoms with Crippen LogP contribution in [-0.2, 0) is 6.61 Å². The molecule has 0 fully saturated rings. The van der Waals surface area contributed by atoms with E-state index in [4.69, 9.17) is 4.74 Å². The van der Waals surface area contributed by atoms with E-state index in [2.05, 4.69) is 24.4 Å². The van der Waals surface area contributed by atoms with Crippen molar-refractivity contribution in [3.63, 3.8) is 0 Å². The van der Waals surface area contributed by atoms with Crippen LogP contribution in [0, 0.1) is 0 Å². The van der Waals surface area contributed by atoms with Crippen LogP contribution < -0.4 is 10.1 Å². The highest BCUT2D eigenvalue weighted by Gasteiger charge is 2.17. The van der Waals surface area contributed by atoms with Crippen molar-refractivity contribution in [1.82, 2.24) is 5.32 Å². The van der Waals surface area contributed by atoms with Crippen molar-refractivity contribution in [2.45, 2.75) is 32.5 Å². The Bertz CT molecular complexity index is 851. The summed E-state index contributed by atoms with van der Waals surface area (Å²) in [5.74, 6) is 0.834. The van der Waals surface area contributed by atoms with Crippen molar-refractivity contribution < 1.29 is 9.53 Å². The first-order valence-electron chi connectivity index (χ1n) is 9.25. The van der Waals surface area contributed by atoms with Gasteiger partial charge in [0.1, 0.15) is 12.4 Å². The van der Waals surface area contributed by atoms with Gasteiger partial charge in [0, 0.05) is 11.6 Å². The lowest BCUT2D eigenvalue weighted by molar-refractivity contribution is 0.0945. The number of hydrogen-bond donors (Lipinski definition) is 1. The van der Waals surface area contributed by atoms with Gasteiger partial charge >= 0.3 is 0 Å². The first-order valence-corrected chi connectivity index (χ1v) is 9.25. The average molecular weight is 440 g/mol. The van der Waals surface area contributed by atoms with Gasteiger partial charge in [-0.25, -0.2) is 0 Å². The molecule has 3 aromatic carbocycles. The highest BCUT2D eigenvalue weighted by Crippen LogP contribution is 2.17. The van der Waals surface area contributed by atoms with Crippen LogP contribution in [0.4, 0.5) is 0 Å². The number of halogens is 1. The number of hydrogen-bond acceptors (Lipinski definition) is 3. The minimum absolute atomic E-state index is 0. The minimum Gasteiger partial charge on any atom is -0.489 e. The molecular weight excluding hydrogens is 414 g/mol. The fraction of sp³-hybridized carbons (Fsp3) is 0.208. The summed E-state index contributed by atoms with van der Waals surface area (Å²) in [7, 11) is 0. The van der Waals surface area contributed by atoms with Crippen molar-refractivity contribution in [3.05, 3.63) is 102 Å². The molecular formula is C24H26BrNO2. The van der Waals surface area contributed by atoms with Crippen LogP contribution in [0.1, 0.15) is 41.4 Å². The normalized spacial score (nSPS) is 12.5. The monoisotopic (exact) mass is 439 g/mol. The number of nitrogens with one attached hydrogen (secondary N) is 1. The lowest BCUT2D eigenvalue weighted by Crippen LogP contribution is -2.35. The van der Waals surface area contributed by atoms with Crippen molar-refractivity contribution >= 4 is 22.8 Å². The Kier molecular flexibility index (Phi) is 8.42. The van der Waals surface area contributed by atoms with Crippen molar-refractivity contribution in [1.29, 1.82) is 0 Å². The predicted molar refractivity (Wildman–Crippen MR) is 119 cm³/mol. The molecule has 28 heavy (non-hydrogen) atoms. The summed E-state index contributed by atoms with van der Waals surface area (Å²) in [5.41, 5.74) is 2.97. The van der Waals surface area contributed by atoms with E-state index in [9.17, 15) is 4.79 Å². The third-order valence-electron chi connectivity index (χ3n) is 4.58. The lowest BCUT2D eigenvalue weighted by Gasteiger charge is -2.19. The second-order valence-corrected chi connectivity index (χ2v) is 6.68. The quantitative estimate of drug-likeness (QED) is 0.453. The van der Waals surface area contributed by atoms with Crippen molar-refractivity contribution in [3.8, 4) is 5.75 Å². The zero-order valence-electron chi connectivity index (χ0n) is 16.2. The van der Waals surface area contributed by atoms with Gasteiger partial charge in [-0.05, 0) is 49.2 Å². The summed E-state index contributed by atoms with van der Waals surface area (Å²) >= 11 is 0. The standard InChI is InChI=1S/C24H25NO2.BrH/c1-18(21-11-7-4-8-12-21)25-19(2)24(26)22-13-15-23(16-14-22)27-17-20-9-5-3-6-10-20;/h3-16,18-19,25H,17H2,1-2H3;1H/t18-,19-;/m1./s1. The van der Waals surface area contributed by atoms with Crippen LogP contribution >= 0.6 is 17.0 Å². The SMILES string of the molecule is Br.C[C@@H](N[C@H](C)c1ccccc1)C(=O)c1ccc(OCc2ccccc2)cc1. The maximum absolute atomic E-state index is 12.7. The van der Waals surface area contributed by atoms with Gasteiger partial charge in [0.2, 0.25) is 0 Å². The highest BCUT2D eigenvalue weighted by atomic mass is 79.9. The topological polar surface area (TPSA) is 38.3 Å². The molecule has 0 aromatic heterocycles. The Morgan fingerprint density at radius 1 is 0.857 bits per heavy atom. The largest absolute Gasteiger partial charge is 0.489 e. The maximum Gasteiger partial charge on any atom is 0.179 e. The molecule has 0 saturated carbocycles. The van der Waals surface area contributed by atoms with Crippen LogP contribution in [0.3, 0.4) is 0 Å². The number of ketones is 1. The molecule has 0 heterocycles. The lowest BCUT2D eigenvalue weighted by atomic mass is 10.0. The zero-order chi connectivity index (χ0) is 19.1. The smallest absolute Gasteiger partial charge is 0.179 e. The Balaban J connectivity index is 0.00000280. The van der Waals surface area contributed by atoms with Gasteiger partial charge in [-0.2, -0.15) is 0 Å². The summed E-state index contributed by atoms with van der Waals surface area (Å²) < 4.78 is 5.78. The summed E-state index contributed by atoms with van der Waals surface area (Å²) in [5, 5.41) is 3.37. The van der Waals surface area contributed by atoms with Gasteiger partial charge in [-0.3, -0.25) is 4.79 Å². The van der Waals surface area contributed by atoms with E-state index in [1.165, 1.54) is 5.56 Å². The number of ether oxygens (including phenoxy) is 1. The van der Waals surface area contributed by atoms with Gasteiger partial charge in [-0.1, -0.05) is 60.7 Å². The number of carbonyl (C=O) groups excluding carboxylic acids is 1. The van der Waals surface area contributed by atoms with Crippen LogP contribution in [0.15, 0.2) is 84.9 Å². The molecule has 3 nitrogen and oxygen atoms in total. The summed E-state index contributed by atoms with van der Waals surface area (Å²) in [6, 6.07) is 27.4. The van der Waals surface area contributed by atoms with E-state index < -0.39 is 0 Å². The molecule has 4 heteroatoms. The summed E-state index contributed by atoms with van der Waals surface area (Å²) in [6.45, 7) is 4.49. The molecule has 0 radical (unpaired) electrons. The summed E-state index contributed by atoms with van der Waals surface area (Å²) in [6.07, 6.45) is 0. The number of rotatable bonds is 8. The molecule has 0 aliphatic rings. The van der Waals surface area contributed by atoms with Crippen LogP contribution in [-0.4, -0.2) is 11.8 Å². The highest BCUT2D eigenvalue weighted by molar-refractivity contribution is 8.93. The van der Waals surface area contributed by atoms with Crippen molar-refractivity contribution in [2.75, 3.05) is 0 Å². The van der Waals surface area contributed by atoms with Gasteiger partial charge in [-0.15, -0.1) is 17.0 Å². The first kappa shape index (κ1) is 21.9. The third kappa shape index (κ3) is 6.04. The Morgan fingerprint density at radius 3 is 2.04 bits per heavy atom. The fourth-order valence-electron chi connectivity index (χ4n) is 2.99. The predicted octanol–water partition coefficient (Wildman–Crippen LogP) is 5.77. The molecule has 2 atom stereocenters. The van der Waals surface area contributed by atoms with Crippen molar-refractivity contribution in [2.24, 2.45) is 0 Å². The van der Waals surface area contributed by atoms with Gasteiger partial charge in [0.05, 0.1) is 6.04 Å². The number of benzene rings is 3. The van der Waals surface area contributed by atoms with Gasteiger partial charge in [0.15, 0.2) is 5.78 Å². The zero-order valence-corrected chi connectivity index (χ0v) is 17.9. The summed E-state index contributed by atoms with van der Waals surface area (Å²) in [4.78, 5) is 12.7. The molecule has 0 bridgehead atoms. The molecule has 3 rings (SSSR count). The minimum atomic E-state index is -0.267. The van der Waals surface area contributed by atoms with Crippen LogP contribution in [0.2, 0.25) is 0 Å². The van der Waals surface area contributed by atoms with E-state index in [0.717, 1.165) is 11.3 Å². The fourth-order valence-corrected chi connectivity index (χ4v) is 2.99. The molecule has 146 valence electrons. The molecule has 0 aliphatic carbocycles. The Labute approximate surface area is 177 Å². The van der Waals surface area contributed by atoms with E-state index in [-0.39, 0.29) is 34.8 Å². The van der Waals surface area contributed by atoms with E-state index >= 15 is 0 Å². The van der Waals surface area contributed by atoms with E-state index in [1.807, 2.05) is 79.7 Å². The molecule has 0 spiro atoms. The van der Waals surface area contributed by atoms with Crippen LogP contribution in [0.25, 0.3) is 0 Å². The number of carbonyl (C=O) groups is 1. The molecule has 3 aromatic rings. The third-order valence-corrected chi connectivity index (χ3v) is 4.58. The second kappa shape index (κ2) is 10.8. The average Bonchev–Trinajstić information content (AvgIpc) is 2.73. The van der Waals surface area contributed by atoms with E-state index in [1.54, 1.807) is 0 Å². The molecule has 0 amide bonds. The van der Waals surface area contributed by atoms with Crippen LogP contribution in [0.5, 0.6) is 5.75 Å². The van der Waals surface area contributed by atoms with Gasteiger partial charge < -0.3 is 10.1 Å². The number of Topliss-reactive ketones (excluding diaryl/α,β-unsaturated/α-hetero) is 1. The first-order chi connectivity index (χ1) is 13.1. The molecule has 1 N–H and O–H groups in total.